The Labute approximate surface area is 139 Å². The third-order valence-electron chi connectivity index (χ3n) is 8.35. The van der Waals surface area contributed by atoms with Gasteiger partial charge in [-0.15, -0.1) is 0 Å². The van der Waals surface area contributed by atoms with Crippen molar-refractivity contribution >= 4 is 5.78 Å². The van der Waals surface area contributed by atoms with Gasteiger partial charge in [-0.3, -0.25) is 4.79 Å². The maximum atomic E-state index is 12.0. The second-order valence-corrected chi connectivity index (χ2v) is 8.91. The molecule has 5 rings (SSSR count). The Morgan fingerprint density at radius 2 is 2.17 bits per heavy atom. The van der Waals surface area contributed by atoms with Gasteiger partial charge in [-0.1, -0.05) is 25.5 Å². The molecule has 0 aromatic heterocycles. The summed E-state index contributed by atoms with van der Waals surface area (Å²) in [7, 11) is 0. The smallest absolute Gasteiger partial charge is 0.155 e. The van der Waals surface area contributed by atoms with Crippen LogP contribution in [0.5, 0.6) is 0 Å². The first-order valence-electron chi connectivity index (χ1n) is 9.64. The van der Waals surface area contributed by atoms with Crippen LogP contribution < -0.4 is 0 Å². The van der Waals surface area contributed by atoms with Gasteiger partial charge >= 0.3 is 0 Å². The molecule has 2 saturated carbocycles. The van der Waals surface area contributed by atoms with Crippen LogP contribution in [-0.2, 0) is 9.53 Å². The summed E-state index contributed by atoms with van der Waals surface area (Å²) >= 11 is 0. The van der Waals surface area contributed by atoms with E-state index in [1.165, 1.54) is 31.3 Å². The fourth-order valence-corrected chi connectivity index (χ4v) is 7.24. The number of ether oxygens (including phenoxy) is 1. The Balaban J connectivity index is 1.55. The van der Waals surface area contributed by atoms with Gasteiger partial charge in [-0.25, -0.2) is 0 Å². The van der Waals surface area contributed by atoms with Crippen LogP contribution >= 0.6 is 0 Å². The van der Waals surface area contributed by atoms with E-state index in [1.54, 1.807) is 5.57 Å². The fourth-order valence-electron chi connectivity index (χ4n) is 7.24. The van der Waals surface area contributed by atoms with Crippen molar-refractivity contribution < 1.29 is 9.53 Å². The molecule has 1 aliphatic heterocycles. The normalized spacial score (nSPS) is 50.8. The topological polar surface area (TPSA) is 26.3 Å². The van der Waals surface area contributed by atoms with Crippen molar-refractivity contribution in [2.24, 2.45) is 28.6 Å². The zero-order valence-corrected chi connectivity index (χ0v) is 14.4. The third kappa shape index (κ3) is 1.66. The minimum absolute atomic E-state index is 0.220. The summed E-state index contributed by atoms with van der Waals surface area (Å²) in [6.07, 6.45) is 12.9. The molecule has 0 radical (unpaired) electrons. The van der Waals surface area contributed by atoms with E-state index in [-0.39, 0.29) is 11.5 Å². The molecule has 4 aliphatic carbocycles. The van der Waals surface area contributed by atoms with Gasteiger partial charge in [0, 0.05) is 11.8 Å². The zero-order valence-electron chi connectivity index (χ0n) is 14.4. The first kappa shape index (κ1) is 14.5. The number of carbonyl (C=O) groups excluding carboxylic acids is 1. The van der Waals surface area contributed by atoms with Crippen LogP contribution in [-0.4, -0.2) is 18.5 Å². The number of carbonyl (C=O) groups is 1. The van der Waals surface area contributed by atoms with Crippen molar-refractivity contribution in [3.8, 4) is 0 Å². The van der Waals surface area contributed by atoms with Gasteiger partial charge in [0.1, 0.15) is 0 Å². The minimum Gasteiger partial charge on any atom is -0.373 e. The van der Waals surface area contributed by atoms with Crippen molar-refractivity contribution in [1.82, 2.24) is 0 Å². The van der Waals surface area contributed by atoms with Gasteiger partial charge in [0.05, 0.1) is 12.7 Å². The maximum Gasteiger partial charge on any atom is 0.155 e. The van der Waals surface area contributed by atoms with E-state index in [4.69, 9.17) is 4.74 Å². The maximum absolute atomic E-state index is 12.0. The summed E-state index contributed by atoms with van der Waals surface area (Å²) in [5.41, 5.74) is 3.77. The van der Waals surface area contributed by atoms with Gasteiger partial charge in [0.15, 0.2) is 5.78 Å². The highest BCUT2D eigenvalue weighted by Crippen LogP contribution is 2.67. The number of hydrogen-bond acceptors (Lipinski definition) is 2. The lowest BCUT2D eigenvalue weighted by atomic mass is 9.47. The lowest BCUT2D eigenvalue weighted by molar-refractivity contribution is -0.117. The molecule has 6 atom stereocenters. The van der Waals surface area contributed by atoms with E-state index < -0.39 is 0 Å². The fraction of sp³-hybridized carbons (Fsp3) is 0.762. The Hall–Kier alpha value is -0.890. The molecule has 1 heterocycles. The van der Waals surface area contributed by atoms with Crippen LogP contribution in [0.4, 0.5) is 0 Å². The highest BCUT2D eigenvalue weighted by atomic mass is 16.5. The van der Waals surface area contributed by atoms with Crippen molar-refractivity contribution in [2.75, 3.05) is 6.61 Å². The average Bonchev–Trinajstić information content (AvgIpc) is 3.01. The van der Waals surface area contributed by atoms with Gasteiger partial charge < -0.3 is 4.74 Å². The van der Waals surface area contributed by atoms with Crippen LogP contribution in [0.25, 0.3) is 0 Å². The van der Waals surface area contributed by atoms with E-state index in [2.05, 4.69) is 19.9 Å². The number of hydrogen-bond donors (Lipinski definition) is 0. The van der Waals surface area contributed by atoms with E-state index in [1.807, 2.05) is 6.08 Å². The molecule has 2 heteroatoms. The number of ketones is 1. The predicted octanol–water partition coefficient (Wildman–Crippen LogP) is 4.45. The summed E-state index contributed by atoms with van der Waals surface area (Å²) < 4.78 is 6.25. The van der Waals surface area contributed by atoms with Gasteiger partial charge in [0.25, 0.3) is 0 Å². The molecular formula is C21H28O2. The molecule has 0 aromatic carbocycles. The van der Waals surface area contributed by atoms with Crippen LogP contribution in [0.15, 0.2) is 23.3 Å². The Bertz CT molecular complexity index is 630. The minimum atomic E-state index is 0.220. The monoisotopic (exact) mass is 312 g/mol. The van der Waals surface area contributed by atoms with E-state index in [9.17, 15) is 4.79 Å². The van der Waals surface area contributed by atoms with Crippen molar-refractivity contribution in [1.29, 1.82) is 0 Å². The van der Waals surface area contributed by atoms with Gasteiger partial charge in [-0.2, -0.15) is 0 Å². The van der Waals surface area contributed by atoms with E-state index in [0.717, 1.165) is 43.6 Å². The summed E-state index contributed by atoms with van der Waals surface area (Å²) in [5, 5.41) is 0. The second-order valence-electron chi connectivity index (χ2n) is 8.91. The molecular weight excluding hydrogens is 284 g/mol. The van der Waals surface area contributed by atoms with E-state index in [0.29, 0.717) is 11.2 Å². The quantitative estimate of drug-likeness (QED) is 0.669. The highest BCUT2D eigenvalue weighted by molar-refractivity contribution is 5.92. The van der Waals surface area contributed by atoms with Crippen molar-refractivity contribution in [3.05, 3.63) is 23.3 Å². The molecule has 5 aliphatic rings. The number of allylic oxidation sites excluding steroid dienone is 3. The van der Waals surface area contributed by atoms with E-state index >= 15 is 0 Å². The first-order valence-corrected chi connectivity index (χ1v) is 9.64. The lowest BCUT2D eigenvalue weighted by Gasteiger charge is -2.56. The molecule has 2 nitrogen and oxygen atoms in total. The van der Waals surface area contributed by atoms with Gasteiger partial charge in [-0.05, 0) is 73.3 Å². The molecule has 124 valence electrons. The van der Waals surface area contributed by atoms with Crippen molar-refractivity contribution in [3.63, 3.8) is 0 Å². The molecule has 0 aromatic rings. The highest BCUT2D eigenvalue weighted by Gasteiger charge is 2.63. The summed E-state index contributed by atoms with van der Waals surface area (Å²) in [6.45, 7) is 5.74. The largest absolute Gasteiger partial charge is 0.373 e. The Kier molecular flexibility index (Phi) is 2.89. The SMILES string of the molecule is CCC1=CCC2C3CC4OC[C@@]5(CCC(=O)C=C45)C3CC[C@]12C. The molecule has 0 amide bonds. The summed E-state index contributed by atoms with van der Waals surface area (Å²) in [4.78, 5) is 12.0. The van der Waals surface area contributed by atoms with Crippen molar-refractivity contribution in [2.45, 2.75) is 64.9 Å². The predicted molar refractivity (Wildman–Crippen MR) is 89.9 cm³/mol. The molecule has 0 spiro atoms. The molecule has 4 unspecified atom stereocenters. The zero-order chi connectivity index (χ0) is 15.8. The average molecular weight is 312 g/mol. The lowest BCUT2D eigenvalue weighted by Crippen LogP contribution is -2.52. The third-order valence-corrected chi connectivity index (χ3v) is 8.35. The standard InChI is InChI=1S/C21H28O2/c1-3-13-4-5-16-15-11-19-18-10-14(22)6-9-21(18,12-23-19)17(15)7-8-20(13,16)2/h4,10,15-17,19H,3,5-9,11-12H2,1-2H3/t15?,16?,17?,19?,20-,21+/m1/s1. The second kappa shape index (κ2) is 4.59. The van der Waals surface area contributed by atoms with Crippen LogP contribution in [0.2, 0.25) is 0 Å². The molecule has 1 saturated heterocycles. The first-order chi connectivity index (χ1) is 11.1. The summed E-state index contributed by atoms with van der Waals surface area (Å²) in [5.74, 6) is 2.70. The van der Waals surface area contributed by atoms with Crippen LogP contribution in [0.1, 0.15) is 58.8 Å². The van der Waals surface area contributed by atoms with Crippen LogP contribution in [0, 0.1) is 28.6 Å². The molecule has 0 N–H and O–H groups in total. The molecule has 23 heavy (non-hydrogen) atoms. The molecule has 3 fully saturated rings. The Morgan fingerprint density at radius 1 is 1.30 bits per heavy atom. The summed E-state index contributed by atoms with van der Waals surface area (Å²) in [6, 6.07) is 0. The number of rotatable bonds is 1. The van der Waals surface area contributed by atoms with Crippen LogP contribution in [0.3, 0.4) is 0 Å². The van der Waals surface area contributed by atoms with Gasteiger partial charge in [0.2, 0.25) is 0 Å². The Morgan fingerprint density at radius 3 is 3.00 bits per heavy atom. The molecule has 2 bridgehead atoms. The number of fused-ring (bicyclic) bond motifs is 3.